The first-order valence-corrected chi connectivity index (χ1v) is 10.8. The third kappa shape index (κ3) is 2.45. The molecular formula is C26H21N3O4. The highest BCUT2D eigenvalue weighted by Crippen LogP contribution is 2.58. The average Bonchev–Trinajstić information content (AvgIpc) is 3.41. The van der Waals surface area contributed by atoms with Crippen LogP contribution in [0.1, 0.15) is 57.4 Å². The number of H-pyrrole nitrogens is 1. The Balaban J connectivity index is 1.53. The summed E-state index contributed by atoms with van der Waals surface area (Å²) >= 11 is 0. The van der Waals surface area contributed by atoms with E-state index in [4.69, 9.17) is 4.74 Å². The van der Waals surface area contributed by atoms with Crippen LogP contribution >= 0.6 is 0 Å². The molecule has 2 atom stereocenters. The number of aromatic amines is 1. The van der Waals surface area contributed by atoms with Gasteiger partial charge in [0.2, 0.25) is 11.3 Å². The summed E-state index contributed by atoms with van der Waals surface area (Å²) in [5.41, 5.74) is 1.53. The van der Waals surface area contributed by atoms with Crippen LogP contribution in [0.3, 0.4) is 0 Å². The molecule has 2 unspecified atom stereocenters. The number of ether oxygens (including phenoxy) is 1. The first kappa shape index (κ1) is 19.7. The highest BCUT2D eigenvalue weighted by Gasteiger charge is 2.71. The molecule has 1 aromatic heterocycles. The van der Waals surface area contributed by atoms with Crippen molar-refractivity contribution in [3.05, 3.63) is 94.8 Å². The van der Waals surface area contributed by atoms with Crippen LogP contribution < -0.4 is 10.1 Å². The van der Waals surface area contributed by atoms with Crippen molar-refractivity contribution in [3.63, 3.8) is 0 Å². The number of hydrogen-bond acceptors (Lipinski definition) is 5. The number of ketones is 1. The molecule has 7 nitrogen and oxygen atoms in total. The Kier molecular flexibility index (Phi) is 3.89. The van der Waals surface area contributed by atoms with E-state index < -0.39 is 23.0 Å². The summed E-state index contributed by atoms with van der Waals surface area (Å²) in [5.74, 6) is -2.49. The molecule has 3 N–H and O–H groups in total. The largest absolute Gasteiger partial charge is 0.454 e. The van der Waals surface area contributed by atoms with Crippen molar-refractivity contribution < 1.29 is 19.4 Å². The molecule has 4 aromatic rings. The minimum absolute atomic E-state index is 0.0453. The van der Waals surface area contributed by atoms with Crippen LogP contribution in [0, 0.1) is 0 Å². The van der Waals surface area contributed by atoms with Gasteiger partial charge in [-0.25, -0.2) is 4.98 Å². The van der Waals surface area contributed by atoms with Crippen molar-refractivity contribution in [2.24, 2.45) is 0 Å². The Bertz CT molecular complexity index is 1440. The van der Waals surface area contributed by atoms with Crippen LogP contribution in [0.5, 0.6) is 5.75 Å². The molecule has 1 aliphatic carbocycles. The molecule has 0 bridgehead atoms. The fraction of sp³-hybridized carbons (Fsp3) is 0.192. The summed E-state index contributed by atoms with van der Waals surface area (Å²) in [7, 11) is 0. The number of imidazole rings is 1. The number of fused-ring (bicyclic) bond motifs is 6. The van der Waals surface area contributed by atoms with Gasteiger partial charge < -0.3 is 20.1 Å². The molecule has 0 spiro atoms. The second-order valence-corrected chi connectivity index (χ2v) is 8.84. The highest BCUT2D eigenvalue weighted by atomic mass is 16.6. The van der Waals surface area contributed by atoms with Crippen LogP contribution in [0.2, 0.25) is 0 Å². The highest BCUT2D eigenvalue weighted by molar-refractivity contribution is 6.13. The summed E-state index contributed by atoms with van der Waals surface area (Å²) in [4.78, 5) is 34.6. The summed E-state index contributed by atoms with van der Waals surface area (Å²) in [6.07, 6.45) is 0. The van der Waals surface area contributed by atoms with E-state index in [9.17, 15) is 14.7 Å². The van der Waals surface area contributed by atoms with Gasteiger partial charge in [-0.3, -0.25) is 9.59 Å². The van der Waals surface area contributed by atoms with Gasteiger partial charge in [-0.1, -0.05) is 62.4 Å². The summed E-state index contributed by atoms with van der Waals surface area (Å²) in [6, 6.07) is 19.5. The molecule has 2 aliphatic rings. The maximum Gasteiger partial charge on any atom is 0.288 e. The molecule has 0 saturated carbocycles. The van der Waals surface area contributed by atoms with Crippen molar-refractivity contribution in [3.8, 4) is 5.75 Å². The number of nitrogens with one attached hydrogen (secondary N) is 2. The van der Waals surface area contributed by atoms with Crippen LogP contribution in [0.4, 0.5) is 0 Å². The van der Waals surface area contributed by atoms with E-state index >= 15 is 0 Å². The second-order valence-electron chi connectivity index (χ2n) is 8.84. The number of para-hydroxylation sites is 2. The second kappa shape index (κ2) is 6.52. The van der Waals surface area contributed by atoms with Gasteiger partial charge in [0, 0.05) is 16.7 Å². The van der Waals surface area contributed by atoms with E-state index in [1.54, 1.807) is 36.4 Å². The van der Waals surface area contributed by atoms with Gasteiger partial charge in [0.25, 0.3) is 11.7 Å². The minimum Gasteiger partial charge on any atom is -0.454 e. The maximum atomic E-state index is 13.8. The van der Waals surface area contributed by atoms with Gasteiger partial charge in [-0.05, 0) is 29.7 Å². The van der Waals surface area contributed by atoms with Gasteiger partial charge in [0.15, 0.2) is 5.82 Å². The molecule has 1 amide bonds. The lowest BCUT2D eigenvalue weighted by Gasteiger charge is -2.34. The molecule has 164 valence electrons. The Morgan fingerprint density at radius 1 is 1.06 bits per heavy atom. The number of aromatic nitrogens is 2. The summed E-state index contributed by atoms with van der Waals surface area (Å²) < 4.78 is 6.09. The molecule has 3 aromatic carbocycles. The van der Waals surface area contributed by atoms with E-state index in [1.807, 2.05) is 44.2 Å². The number of amides is 1. The van der Waals surface area contributed by atoms with Gasteiger partial charge in [-0.15, -0.1) is 0 Å². The van der Waals surface area contributed by atoms with Crippen LogP contribution in [-0.2, 0) is 11.3 Å². The molecule has 33 heavy (non-hydrogen) atoms. The van der Waals surface area contributed by atoms with Crippen LogP contribution in [0.15, 0.2) is 66.7 Å². The van der Waals surface area contributed by atoms with Crippen molar-refractivity contribution >= 4 is 22.7 Å². The molecule has 0 fully saturated rings. The Labute approximate surface area is 189 Å². The number of carbonyl (C=O) groups is 2. The van der Waals surface area contributed by atoms with Gasteiger partial charge >= 0.3 is 0 Å². The van der Waals surface area contributed by atoms with E-state index in [1.165, 1.54) is 0 Å². The molecule has 0 radical (unpaired) electrons. The zero-order chi connectivity index (χ0) is 23.0. The Hall–Kier alpha value is -3.97. The number of rotatable bonds is 3. The molecular weight excluding hydrogens is 418 g/mol. The number of nitrogens with zero attached hydrogens (tertiary/aromatic N) is 1. The summed E-state index contributed by atoms with van der Waals surface area (Å²) in [6.45, 7) is 4.09. The third-order valence-corrected chi connectivity index (χ3v) is 6.63. The normalized spacial score (nSPS) is 22.7. The third-order valence-electron chi connectivity index (χ3n) is 6.63. The predicted octanol–water partition coefficient (Wildman–Crippen LogP) is 3.75. The number of benzene rings is 3. The molecule has 2 heterocycles. The monoisotopic (exact) mass is 439 g/mol. The van der Waals surface area contributed by atoms with Crippen molar-refractivity contribution in [2.45, 2.75) is 31.1 Å². The van der Waals surface area contributed by atoms with E-state index in [-0.39, 0.29) is 11.7 Å². The average molecular weight is 439 g/mol. The SMILES string of the molecule is CC(C)c1ccc2c(c1)OC1(O)c3ccccc3C(=O)C21NC(=O)c1nc2ccccc2[nH]1. The topological polar surface area (TPSA) is 104 Å². The fourth-order valence-corrected chi connectivity index (χ4v) is 4.92. The lowest BCUT2D eigenvalue weighted by Crippen LogP contribution is -2.60. The molecule has 1 aliphatic heterocycles. The molecule has 0 saturated heterocycles. The van der Waals surface area contributed by atoms with Crippen molar-refractivity contribution in [1.29, 1.82) is 0 Å². The lowest BCUT2D eigenvalue weighted by atomic mass is 9.82. The standard InChI is InChI=1S/C26H21N3O4/c1-14(2)15-11-12-18-21(13-15)33-26(32)17-8-4-3-7-16(17)22(30)25(18,26)29-24(31)23-27-19-9-5-6-10-20(19)28-23/h3-14,32H,1-2H3,(H,27,28)(H,29,31). The van der Waals surface area contributed by atoms with Crippen LogP contribution in [0.25, 0.3) is 11.0 Å². The zero-order valence-electron chi connectivity index (χ0n) is 18.0. The van der Waals surface area contributed by atoms with E-state index in [0.29, 0.717) is 33.5 Å². The van der Waals surface area contributed by atoms with Gasteiger partial charge in [0.05, 0.1) is 11.0 Å². The Morgan fingerprint density at radius 2 is 1.82 bits per heavy atom. The predicted molar refractivity (Wildman–Crippen MR) is 121 cm³/mol. The Morgan fingerprint density at radius 3 is 2.61 bits per heavy atom. The molecule has 7 heteroatoms. The fourth-order valence-electron chi connectivity index (χ4n) is 4.92. The van der Waals surface area contributed by atoms with Crippen LogP contribution in [-0.4, -0.2) is 26.8 Å². The van der Waals surface area contributed by atoms with Gasteiger partial charge in [0.1, 0.15) is 5.75 Å². The maximum absolute atomic E-state index is 13.8. The van der Waals surface area contributed by atoms with Crippen molar-refractivity contribution in [2.75, 3.05) is 0 Å². The summed E-state index contributed by atoms with van der Waals surface area (Å²) in [5, 5.41) is 14.7. The quantitative estimate of drug-likeness (QED) is 0.451. The lowest BCUT2D eigenvalue weighted by molar-refractivity contribution is -0.169. The number of carbonyl (C=O) groups excluding carboxylic acids is 2. The van der Waals surface area contributed by atoms with E-state index in [2.05, 4.69) is 15.3 Å². The van der Waals surface area contributed by atoms with Crippen molar-refractivity contribution in [1.82, 2.24) is 15.3 Å². The zero-order valence-corrected chi connectivity index (χ0v) is 18.0. The number of aliphatic hydroxyl groups is 1. The smallest absolute Gasteiger partial charge is 0.288 e. The molecule has 6 rings (SSSR count). The first-order valence-electron chi connectivity index (χ1n) is 10.8. The number of hydrogen-bond donors (Lipinski definition) is 3. The van der Waals surface area contributed by atoms with Gasteiger partial charge in [-0.2, -0.15) is 0 Å². The first-order chi connectivity index (χ1) is 15.8. The number of Topliss-reactive ketones (excluding diaryl/α,β-unsaturated/α-hetero) is 1. The minimum atomic E-state index is -2.08. The van der Waals surface area contributed by atoms with E-state index in [0.717, 1.165) is 5.56 Å².